The van der Waals surface area contributed by atoms with Crippen LogP contribution in [0.1, 0.15) is 26.5 Å². The molecule has 1 amide bonds. The molecule has 23 heavy (non-hydrogen) atoms. The summed E-state index contributed by atoms with van der Waals surface area (Å²) >= 11 is 1.40. The Bertz CT molecular complexity index is 852. The minimum Gasteiger partial charge on any atom is -0.296 e. The number of nitrogens with one attached hydrogen (secondary N) is 1. The number of hydrogen-bond donors (Lipinski definition) is 1. The summed E-state index contributed by atoms with van der Waals surface area (Å²) in [5, 5.41) is 12.0. The van der Waals surface area contributed by atoms with E-state index in [0.29, 0.717) is 17.1 Å². The van der Waals surface area contributed by atoms with Gasteiger partial charge in [-0.1, -0.05) is 12.1 Å². The van der Waals surface area contributed by atoms with Crippen LogP contribution < -0.4 is 5.32 Å². The van der Waals surface area contributed by atoms with Crippen molar-refractivity contribution < 1.29 is 4.79 Å². The fourth-order valence-electron chi connectivity index (χ4n) is 1.92. The van der Waals surface area contributed by atoms with Crippen LogP contribution >= 0.6 is 11.3 Å². The van der Waals surface area contributed by atoms with Gasteiger partial charge in [-0.3, -0.25) is 15.1 Å². The highest BCUT2D eigenvalue weighted by atomic mass is 32.1. The van der Waals surface area contributed by atoms with Gasteiger partial charge < -0.3 is 0 Å². The zero-order chi connectivity index (χ0) is 16.1. The molecular formula is C16H11N5OS. The molecule has 7 heteroatoms. The van der Waals surface area contributed by atoms with Gasteiger partial charge in [0.2, 0.25) is 0 Å². The number of anilines is 1. The van der Waals surface area contributed by atoms with E-state index < -0.39 is 0 Å². The van der Waals surface area contributed by atoms with E-state index in [1.807, 2.05) is 12.1 Å². The number of nitrogens with zero attached hydrogens (tertiary/aromatic N) is 4. The first-order chi connectivity index (χ1) is 11.2. The van der Waals surface area contributed by atoms with Crippen LogP contribution in [0.25, 0.3) is 0 Å². The molecule has 0 unspecified atom stereocenters. The first-order valence-corrected chi connectivity index (χ1v) is 7.57. The van der Waals surface area contributed by atoms with Gasteiger partial charge in [-0.15, -0.1) is 11.3 Å². The topological polar surface area (TPSA) is 91.6 Å². The first-order valence-electron chi connectivity index (χ1n) is 6.76. The molecule has 0 saturated heterocycles. The molecule has 6 nitrogen and oxygen atoms in total. The predicted octanol–water partition coefficient (Wildman–Crippen LogP) is 2.65. The average Bonchev–Trinajstić information content (AvgIpc) is 3.03. The predicted molar refractivity (Wildman–Crippen MR) is 86.1 cm³/mol. The van der Waals surface area contributed by atoms with Crippen molar-refractivity contribution in [3.63, 3.8) is 0 Å². The molecule has 0 aliphatic carbocycles. The van der Waals surface area contributed by atoms with Crippen LogP contribution in [0.15, 0.2) is 49.1 Å². The minimum atomic E-state index is -0.336. The van der Waals surface area contributed by atoms with Crippen LogP contribution in [0.5, 0.6) is 0 Å². The summed E-state index contributed by atoms with van der Waals surface area (Å²) in [4.78, 5) is 25.0. The van der Waals surface area contributed by atoms with Crippen molar-refractivity contribution in [2.75, 3.05) is 5.32 Å². The van der Waals surface area contributed by atoms with Crippen LogP contribution in [0, 0.1) is 11.3 Å². The molecule has 0 aliphatic rings. The number of hydrogen-bond acceptors (Lipinski definition) is 6. The lowest BCUT2D eigenvalue weighted by Crippen LogP contribution is -2.13. The van der Waals surface area contributed by atoms with Crippen LogP contribution in [0.2, 0.25) is 0 Å². The van der Waals surface area contributed by atoms with E-state index in [4.69, 9.17) is 5.26 Å². The molecule has 2 aromatic heterocycles. The molecule has 0 fully saturated rings. The van der Waals surface area contributed by atoms with E-state index in [9.17, 15) is 4.79 Å². The standard InChI is InChI=1S/C16H11N5OS/c17-8-12-3-1-11(2-4-12)7-13-9-20-16(23-13)21-15(22)14-10-18-5-6-19-14/h1-6,9-10H,7H2,(H,20,21,22). The van der Waals surface area contributed by atoms with Crippen LogP contribution in [0.3, 0.4) is 0 Å². The third kappa shape index (κ3) is 3.75. The summed E-state index contributed by atoms with van der Waals surface area (Å²) in [6.07, 6.45) is 6.81. The number of thiazole rings is 1. The van der Waals surface area contributed by atoms with E-state index in [1.165, 1.54) is 29.9 Å². The van der Waals surface area contributed by atoms with Gasteiger partial charge in [0.1, 0.15) is 5.69 Å². The van der Waals surface area contributed by atoms with Crippen LogP contribution in [-0.2, 0) is 6.42 Å². The number of nitriles is 1. The Hall–Kier alpha value is -3.11. The number of carbonyl (C=O) groups excluding carboxylic acids is 1. The van der Waals surface area contributed by atoms with Crippen molar-refractivity contribution in [3.05, 3.63) is 70.8 Å². The first kappa shape index (κ1) is 14.8. The SMILES string of the molecule is N#Cc1ccc(Cc2cnc(NC(=O)c3cnccn3)s2)cc1. The molecule has 112 valence electrons. The van der Waals surface area contributed by atoms with Crippen molar-refractivity contribution in [2.45, 2.75) is 6.42 Å². The number of benzene rings is 1. The zero-order valence-electron chi connectivity index (χ0n) is 11.9. The Morgan fingerprint density at radius 2 is 2.00 bits per heavy atom. The maximum absolute atomic E-state index is 12.0. The second kappa shape index (κ2) is 6.77. The zero-order valence-corrected chi connectivity index (χ0v) is 12.7. The highest BCUT2D eigenvalue weighted by Crippen LogP contribution is 2.21. The molecule has 0 bridgehead atoms. The van der Waals surface area contributed by atoms with Crippen molar-refractivity contribution >= 4 is 22.4 Å². The normalized spacial score (nSPS) is 10.0. The molecule has 0 spiro atoms. The quantitative estimate of drug-likeness (QED) is 0.797. The molecule has 3 aromatic rings. The van der Waals surface area contributed by atoms with E-state index in [1.54, 1.807) is 18.3 Å². The van der Waals surface area contributed by atoms with Crippen LogP contribution in [-0.4, -0.2) is 20.9 Å². The molecule has 3 rings (SSSR count). The molecule has 0 aliphatic heterocycles. The van der Waals surface area contributed by atoms with E-state index in [-0.39, 0.29) is 11.6 Å². The van der Waals surface area contributed by atoms with Crippen LogP contribution in [0.4, 0.5) is 5.13 Å². The van der Waals surface area contributed by atoms with E-state index in [0.717, 1.165) is 10.4 Å². The van der Waals surface area contributed by atoms with Gasteiger partial charge in [-0.05, 0) is 17.7 Å². The maximum Gasteiger partial charge on any atom is 0.277 e. The van der Waals surface area contributed by atoms with E-state index in [2.05, 4.69) is 26.3 Å². The fraction of sp³-hybridized carbons (Fsp3) is 0.0625. The lowest BCUT2D eigenvalue weighted by atomic mass is 10.1. The third-order valence-electron chi connectivity index (χ3n) is 3.03. The smallest absolute Gasteiger partial charge is 0.277 e. The summed E-state index contributed by atoms with van der Waals surface area (Å²) in [7, 11) is 0. The van der Waals surface area contributed by atoms with E-state index >= 15 is 0 Å². The Kier molecular flexibility index (Phi) is 4.36. The summed E-state index contributed by atoms with van der Waals surface area (Å²) in [5.74, 6) is -0.336. The minimum absolute atomic E-state index is 0.247. The lowest BCUT2D eigenvalue weighted by Gasteiger charge is -1.99. The summed E-state index contributed by atoms with van der Waals surface area (Å²) in [5.41, 5.74) is 1.96. The van der Waals surface area contributed by atoms with Crippen molar-refractivity contribution in [1.82, 2.24) is 15.0 Å². The lowest BCUT2D eigenvalue weighted by molar-refractivity contribution is 0.102. The summed E-state index contributed by atoms with van der Waals surface area (Å²) in [6, 6.07) is 9.49. The monoisotopic (exact) mass is 321 g/mol. The molecule has 2 heterocycles. The Morgan fingerprint density at radius 3 is 2.70 bits per heavy atom. The Morgan fingerprint density at radius 1 is 1.17 bits per heavy atom. The molecular weight excluding hydrogens is 310 g/mol. The number of aromatic nitrogens is 3. The van der Waals surface area contributed by atoms with Gasteiger partial charge in [-0.25, -0.2) is 9.97 Å². The van der Waals surface area contributed by atoms with Gasteiger partial charge in [0.05, 0.1) is 17.8 Å². The molecule has 1 aromatic carbocycles. The van der Waals surface area contributed by atoms with Crippen molar-refractivity contribution in [3.8, 4) is 6.07 Å². The summed E-state index contributed by atoms with van der Waals surface area (Å²) < 4.78 is 0. The summed E-state index contributed by atoms with van der Waals surface area (Å²) in [6.45, 7) is 0. The van der Waals surface area contributed by atoms with Gasteiger partial charge in [0, 0.05) is 29.9 Å². The van der Waals surface area contributed by atoms with Crippen molar-refractivity contribution in [2.24, 2.45) is 0 Å². The van der Waals surface area contributed by atoms with Gasteiger partial charge in [0.25, 0.3) is 5.91 Å². The fourth-order valence-corrected chi connectivity index (χ4v) is 2.76. The largest absolute Gasteiger partial charge is 0.296 e. The number of amides is 1. The molecule has 0 saturated carbocycles. The maximum atomic E-state index is 12.0. The van der Waals surface area contributed by atoms with Crippen molar-refractivity contribution in [1.29, 1.82) is 5.26 Å². The van der Waals surface area contributed by atoms with Gasteiger partial charge in [0.15, 0.2) is 5.13 Å². The highest BCUT2D eigenvalue weighted by molar-refractivity contribution is 7.15. The Labute approximate surface area is 136 Å². The number of rotatable bonds is 4. The third-order valence-corrected chi connectivity index (χ3v) is 3.94. The molecule has 1 N–H and O–H groups in total. The second-order valence-corrected chi connectivity index (χ2v) is 5.78. The second-order valence-electron chi connectivity index (χ2n) is 4.66. The highest BCUT2D eigenvalue weighted by Gasteiger charge is 2.10. The average molecular weight is 321 g/mol. The van der Waals surface area contributed by atoms with Gasteiger partial charge >= 0.3 is 0 Å². The molecule has 0 atom stereocenters. The number of carbonyl (C=O) groups is 1. The van der Waals surface area contributed by atoms with Gasteiger partial charge in [-0.2, -0.15) is 5.26 Å². The molecule has 0 radical (unpaired) electrons. The Balaban J connectivity index is 1.66.